The summed E-state index contributed by atoms with van der Waals surface area (Å²) in [7, 11) is 0. The van der Waals surface area contributed by atoms with E-state index in [0.29, 0.717) is 17.8 Å². The minimum atomic E-state index is 0.212. The highest BCUT2D eigenvalue weighted by molar-refractivity contribution is 5.83. The lowest BCUT2D eigenvalue weighted by atomic mass is 10.5. The Bertz CT molecular complexity index is 464. The van der Waals surface area contributed by atoms with Gasteiger partial charge in [-0.05, 0) is 6.92 Å². The van der Waals surface area contributed by atoms with E-state index in [4.69, 9.17) is 16.2 Å². The van der Waals surface area contributed by atoms with E-state index in [1.165, 1.54) is 0 Å². The first-order chi connectivity index (χ1) is 6.70. The molecule has 0 aliphatic carbocycles. The summed E-state index contributed by atoms with van der Waals surface area (Å²) in [5.74, 6) is 0.539. The number of hydrogen-bond donors (Lipinski definition) is 3. The molecule has 7 heteroatoms. The number of H-pyrrole nitrogens is 1. The molecule has 0 saturated carbocycles. The van der Waals surface area contributed by atoms with Gasteiger partial charge in [0.1, 0.15) is 5.52 Å². The fraction of sp³-hybridized carbons (Fsp3) is 0.286. The number of imidazole rings is 1. The number of nitrogens with zero attached hydrogens (tertiary/aromatic N) is 3. The Morgan fingerprint density at radius 3 is 2.79 bits per heavy atom. The molecule has 0 atom stereocenters. The second-order valence-electron chi connectivity index (χ2n) is 2.65. The number of anilines is 2. The maximum absolute atomic E-state index is 5.64. The van der Waals surface area contributed by atoms with E-state index >= 15 is 0 Å². The Kier molecular flexibility index (Phi) is 1.84. The van der Waals surface area contributed by atoms with Crippen molar-refractivity contribution in [1.29, 1.82) is 0 Å². The number of aromatic nitrogens is 4. The van der Waals surface area contributed by atoms with Crippen LogP contribution in [0.3, 0.4) is 0 Å². The highest BCUT2D eigenvalue weighted by Gasteiger charge is 2.09. The van der Waals surface area contributed by atoms with Crippen LogP contribution in [0.4, 0.5) is 11.8 Å². The van der Waals surface area contributed by atoms with Crippen LogP contribution in [0.15, 0.2) is 0 Å². The molecule has 74 valence electrons. The summed E-state index contributed by atoms with van der Waals surface area (Å²) in [5, 5.41) is 0. The molecule has 0 aromatic carbocycles. The average molecular weight is 194 g/mol. The van der Waals surface area contributed by atoms with Gasteiger partial charge in [-0.3, -0.25) is 0 Å². The van der Waals surface area contributed by atoms with Crippen LogP contribution in [-0.4, -0.2) is 26.5 Å². The van der Waals surface area contributed by atoms with Crippen LogP contribution in [0.2, 0.25) is 0 Å². The fourth-order valence-electron chi connectivity index (χ4n) is 1.11. The zero-order chi connectivity index (χ0) is 10.1. The Morgan fingerprint density at radius 2 is 2.07 bits per heavy atom. The summed E-state index contributed by atoms with van der Waals surface area (Å²) in [6.07, 6.45) is 0. The summed E-state index contributed by atoms with van der Waals surface area (Å²) < 4.78 is 5.11. The van der Waals surface area contributed by atoms with Crippen LogP contribution in [0.25, 0.3) is 11.2 Å². The first-order valence-corrected chi connectivity index (χ1v) is 4.12. The lowest BCUT2D eigenvalue weighted by Gasteiger charge is -2.00. The van der Waals surface area contributed by atoms with Crippen molar-refractivity contribution in [2.24, 2.45) is 0 Å². The standard InChI is InChI=1S/C7H10N6O/c1-2-14-7-11-4(8)3-5(13-7)12-6(9)10-3/h2H2,1H3,(H5,8,9,10,11,12,13). The Labute approximate surface area is 79.5 Å². The first-order valence-electron chi connectivity index (χ1n) is 4.12. The molecule has 2 heterocycles. The molecule has 0 saturated heterocycles. The van der Waals surface area contributed by atoms with E-state index in [-0.39, 0.29) is 17.8 Å². The van der Waals surface area contributed by atoms with Gasteiger partial charge < -0.3 is 21.2 Å². The zero-order valence-electron chi connectivity index (χ0n) is 7.61. The third kappa shape index (κ3) is 1.28. The maximum atomic E-state index is 5.64. The summed E-state index contributed by atoms with van der Waals surface area (Å²) in [6, 6.07) is 0.212. The quantitative estimate of drug-likeness (QED) is 0.615. The molecule has 0 unspecified atom stereocenters. The third-order valence-corrected chi connectivity index (χ3v) is 1.65. The number of nitrogens with two attached hydrogens (primary N) is 2. The third-order valence-electron chi connectivity index (χ3n) is 1.65. The second-order valence-corrected chi connectivity index (χ2v) is 2.65. The number of aromatic amines is 1. The number of rotatable bonds is 2. The van der Waals surface area contributed by atoms with Crippen molar-refractivity contribution in [2.75, 3.05) is 18.1 Å². The molecule has 0 spiro atoms. The van der Waals surface area contributed by atoms with E-state index in [9.17, 15) is 0 Å². The molecule has 0 radical (unpaired) electrons. The fourth-order valence-corrected chi connectivity index (χ4v) is 1.11. The summed E-state index contributed by atoms with van der Waals surface area (Å²) in [6.45, 7) is 2.31. The first kappa shape index (κ1) is 8.54. The monoisotopic (exact) mass is 194 g/mol. The van der Waals surface area contributed by atoms with Gasteiger partial charge in [0, 0.05) is 0 Å². The number of ether oxygens (including phenoxy) is 1. The van der Waals surface area contributed by atoms with Crippen molar-refractivity contribution in [2.45, 2.75) is 6.92 Å². The summed E-state index contributed by atoms with van der Waals surface area (Å²) in [4.78, 5) is 14.6. The van der Waals surface area contributed by atoms with Crippen molar-refractivity contribution in [3.8, 4) is 6.01 Å². The van der Waals surface area contributed by atoms with Gasteiger partial charge in [-0.25, -0.2) is 0 Å². The van der Waals surface area contributed by atoms with Crippen molar-refractivity contribution < 1.29 is 4.74 Å². The lowest BCUT2D eigenvalue weighted by Crippen LogP contribution is -2.01. The van der Waals surface area contributed by atoms with Crippen LogP contribution >= 0.6 is 0 Å². The minimum Gasteiger partial charge on any atom is -0.464 e. The maximum Gasteiger partial charge on any atom is 0.320 e. The average Bonchev–Trinajstić information content (AvgIpc) is 2.47. The van der Waals surface area contributed by atoms with Crippen LogP contribution < -0.4 is 16.2 Å². The van der Waals surface area contributed by atoms with Crippen molar-refractivity contribution in [3.05, 3.63) is 0 Å². The van der Waals surface area contributed by atoms with Gasteiger partial charge in [0.15, 0.2) is 17.4 Å². The Hall–Kier alpha value is -2.05. The van der Waals surface area contributed by atoms with E-state index in [2.05, 4.69) is 19.9 Å². The summed E-state index contributed by atoms with van der Waals surface area (Å²) >= 11 is 0. The number of nitrogens with one attached hydrogen (secondary N) is 1. The molecular weight excluding hydrogens is 184 g/mol. The van der Waals surface area contributed by atoms with Crippen molar-refractivity contribution in [3.63, 3.8) is 0 Å². The van der Waals surface area contributed by atoms with E-state index in [1.54, 1.807) is 0 Å². The predicted octanol–water partition coefficient (Wildman–Crippen LogP) is -0.0840. The lowest BCUT2D eigenvalue weighted by molar-refractivity contribution is 0.314. The molecule has 2 aromatic rings. The number of hydrogen-bond acceptors (Lipinski definition) is 6. The van der Waals surface area contributed by atoms with Gasteiger partial charge in [0.2, 0.25) is 0 Å². The molecule has 0 fully saturated rings. The van der Waals surface area contributed by atoms with Crippen LogP contribution in [0.5, 0.6) is 6.01 Å². The number of fused-ring (bicyclic) bond motifs is 1. The topological polar surface area (TPSA) is 116 Å². The zero-order valence-corrected chi connectivity index (χ0v) is 7.61. The molecule has 7 nitrogen and oxygen atoms in total. The van der Waals surface area contributed by atoms with Gasteiger partial charge in [-0.15, -0.1) is 0 Å². The van der Waals surface area contributed by atoms with E-state index < -0.39 is 0 Å². The molecule has 2 aromatic heterocycles. The molecule has 5 N–H and O–H groups in total. The van der Waals surface area contributed by atoms with Gasteiger partial charge in [0.05, 0.1) is 6.61 Å². The predicted molar refractivity (Wildman–Crippen MR) is 51.7 cm³/mol. The molecule has 0 aliphatic heterocycles. The Morgan fingerprint density at radius 1 is 1.29 bits per heavy atom. The SMILES string of the molecule is CCOc1nc(N)c2[nH]c(N)nc2n1. The van der Waals surface area contributed by atoms with Gasteiger partial charge in [-0.1, -0.05) is 0 Å². The van der Waals surface area contributed by atoms with Crippen molar-refractivity contribution in [1.82, 2.24) is 19.9 Å². The van der Waals surface area contributed by atoms with Crippen molar-refractivity contribution >= 4 is 22.9 Å². The molecule has 2 rings (SSSR count). The Balaban J connectivity index is 2.59. The molecule has 14 heavy (non-hydrogen) atoms. The van der Waals surface area contributed by atoms with Gasteiger partial charge in [-0.2, -0.15) is 15.0 Å². The molecule has 0 amide bonds. The highest BCUT2D eigenvalue weighted by atomic mass is 16.5. The van der Waals surface area contributed by atoms with Crippen LogP contribution in [0, 0.1) is 0 Å². The van der Waals surface area contributed by atoms with Gasteiger partial charge in [0.25, 0.3) is 0 Å². The van der Waals surface area contributed by atoms with E-state index in [1.807, 2.05) is 6.92 Å². The normalized spacial score (nSPS) is 10.6. The highest BCUT2D eigenvalue weighted by Crippen LogP contribution is 2.18. The minimum absolute atomic E-state index is 0.212. The van der Waals surface area contributed by atoms with E-state index in [0.717, 1.165) is 0 Å². The van der Waals surface area contributed by atoms with Gasteiger partial charge >= 0.3 is 6.01 Å². The second kappa shape index (κ2) is 3.02. The number of nitrogen functional groups attached to an aromatic ring is 2. The molecule has 0 aliphatic rings. The van der Waals surface area contributed by atoms with Crippen LogP contribution in [0.1, 0.15) is 6.92 Å². The smallest absolute Gasteiger partial charge is 0.320 e. The summed E-state index contributed by atoms with van der Waals surface area (Å²) in [5.41, 5.74) is 12.0. The molecule has 0 bridgehead atoms. The largest absolute Gasteiger partial charge is 0.464 e. The van der Waals surface area contributed by atoms with Crippen LogP contribution in [-0.2, 0) is 0 Å². The molecular formula is C7H10N6O.